The van der Waals surface area contributed by atoms with Crippen LogP contribution in [0.2, 0.25) is 0 Å². The number of carbonyl (C=O) groups is 1. The smallest absolute Gasteiger partial charge is 0.330 e. The highest BCUT2D eigenvalue weighted by Crippen LogP contribution is 2.17. The molecule has 0 amide bonds. The van der Waals surface area contributed by atoms with Crippen molar-refractivity contribution in [2.75, 3.05) is 26.2 Å². The highest BCUT2D eigenvalue weighted by molar-refractivity contribution is 5.76. The summed E-state index contributed by atoms with van der Waals surface area (Å²) in [6.45, 7) is 5.03. The van der Waals surface area contributed by atoms with Crippen LogP contribution in [0.4, 0.5) is 0 Å². The third kappa shape index (κ3) is 1.48. The van der Waals surface area contributed by atoms with Crippen LogP contribution in [0.1, 0.15) is 6.92 Å². The first-order chi connectivity index (χ1) is 6.31. The van der Waals surface area contributed by atoms with E-state index < -0.39 is 0 Å². The molecule has 0 aliphatic carbocycles. The number of nitrogens with zero attached hydrogens (tertiary/aromatic N) is 2. The van der Waals surface area contributed by atoms with Gasteiger partial charge in [0.2, 0.25) is 0 Å². The minimum Gasteiger partial charge on any atom is -0.464 e. The van der Waals surface area contributed by atoms with Crippen LogP contribution in [0, 0.1) is 0 Å². The van der Waals surface area contributed by atoms with E-state index >= 15 is 0 Å². The van der Waals surface area contributed by atoms with Crippen LogP contribution >= 0.6 is 0 Å². The van der Waals surface area contributed by atoms with E-state index in [0.29, 0.717) is 6.61 Å². The fourth-order valence-electron chi connectivity index (χ4n) is 1.76. The predicted octanol–water partition coefficient (Wildman–Crippen LogP) is 0.0205. The van der Waals surface area contributed by atoms with Gasteiger partial charge in [0.05, 0.1) is 6.61 Å². The van der Waals surface area contributed by atoms with Gasteiger partial charge in [-0.3, -0.25) is 0 Å². The molecule has 3 rings (SSSR count). The molecular formula is C9H14N2O2. The number of rotatable bonds is 2. The standard InChI is InChI=1S/C9H14N2O2/c1-2-13-9(12)8-7-10-3-5-11(8)6-4-10/h3,5,8H,2,4,6-7H2,1H3. The minimum absolute atomic E-state index is 0.0845. The van der Waals surface area contributed by atoms with E-state index in [0.717, 1.165) is 19.6 Å². The summed E-state index contributed by atoms with van der Waals surface area (Å²) in [7, 11) is 0. The highest BCUT2D eigenvalue weighted by atomic mass is 16.5. The Labute approximate surface area is 77.8 Å². The Hall–Kier alpha value is -1.19. The lowest BCUT2D eigenvalue weighted by Gasteiger charge is -2.43. The number of carbonyl (C=O) groups excluding carboxylic acids is 1. The van der Waals surface area contributed by atoms with Gasteiger partial charge in [0, 0.05) is 32.0 Å². The largest absolute Gasteiger partial charge is 0.464 e. The van der Waals surface area contributed by atoms with Gasteiger partial charge < -0.3 is 14.5 Å². The predicted molar refractivity (Wildman–Crippen MR) is 47.8 cm³/mol. The van der Waals surface area contributed by atoms with Crippen molar-refractivity contribution < 1.29 is 9.53 Å². The fourth-order valence-corrected chi connectivity index (χ4v) is 1.76. The van der Waals surface area contributed by atoms with Crippen molar-refractivity contribution in [3.63, 3.8) is 0 Å². The fraction of sp³-hybridized carbons (Fsp3) is 0.667. The molecule has 0 aromatic rings. The summed E-state index contributed by atoms with van der Waals surface area (Å²) in [6, 6.07) is -0.0845. The monoisotopic (exact) mass is 182 g/mol. The molecule has 0 N–H and O–H groups in total. The molecule has 0 spiro atoms. The third-order valence-electron chi connectivity index (χ3n) is 2.48. The Morgan fingerprint density at radius 3 is 2.85 bits per heavy atom. The van der Waals surface area contributed by atoms with Crippen LogP contribution in [-0.2, 0) is 9.53 Å². The minimum atomic E-state index is -0.100. The molecule has 1 fully saturated rings. The lowest BCUT2D eigenvalue weighted by Crippen LogP contribution is -2.56. The summed E-state index contributed by atoms with van der Waals surface area (Å²) < 4.78 is 4.99. The molecule has 1 atom stereocenters. The summed E-state index contributed by atoms with van der Waals surface area (Å²) in [5.41, 5.74) is 0. The van der Waals surface area contributed by atoms with E-state index in [4.69, 9.17) is 4.74 Å². The van der Waals surface area contributed by atoms with E-state index in [1.54, 1.807) is 0 Å². The van der Waals surface area contributed by atoms with Gasteiger partial charge in [0.1, 0.15) is 6.04 Å². The molecular weight excluding hydrogens is 168 g/mol. The Balaban J connectivity index is 2.02. The number of fused-ring (bicyclic) bond motifs is 2. The highest BCUT2D eigenvalue weighted by Gasteiger charge is 2.33. The van der Waals surface area contributed by atoms with E-state index in [-0.39, 0.29) is 12.0 Å². The molecule has 3 aliphatic heterocycles. The van der Waals surface area contributed by atoms with Gasteiger partial charge in [-0.1, -0.05) is 0 Å². The van der Waals surface area contributed by atoms with Gasteiger partial charge in [0.25, 0.3) is 0 Å². The second-order valence-corrected chi connectivity index (χ2v) is 3.30. The quantitative estimate of drug-likeness (QED) is 0.564. The molecule has 0 radical (unpaired) electrons. The molecule has 72 valence electrons. The zero-order valence-corrected chi connectivity index (χ0v) is 7.77. The van der Waals surface area contributed by atoms with E-state index in [2.05, 4.69) is 9.80 Å². The summed E-state index contributed by atoms with van der Waals surface area (Å²) in [5.74, 6) is -0.100. The molecule has 0 aromatic heterocycles. The average Bonchev–Trinajstić information content (AvgIpc) is 2.20. The number of piperazine rings is 1. The molecule has 0 aromatic carbocycles. The van der Waals surface area contributed by atoms with Crippen molar-refractivity contribution in [2.45, 2.75) is 13.0 Å². The van der Waals surface area contributed by atoms with E-state index in [9.17, 15) is 4.79 Å². The molecule has 13 heavy (non-hydrogen) atoms. The Morgan fingerprint density at radius 1 is 1.54 bits per heavy atom. The first kappa shape index (κ1) is 8.41. The topological polar surface area (TPSA) is 32.8 Å². The zero-order chi connectivity index (χ0) is 9.26. The van der Waals surface area contributed by atoms with Crippen molar-refractivity contribution in [2.24, 2.45) is 0 Å². The van der Waals surface area contributed by atoms with Gasteiger partial charge in [0.15, 0.2) is 0 Å². The van der Waals surface area contributed by atoms with Crippen molar-refractivity contribution in [3.05, 3.63) is 12.4 Å². The summed E-state index contributed by atoms with van der Waals surface area (Å²) in [4.78, 5) is 15.7. The van der Waals surface area contributed by atoms with E-state index in [1.165, 1.54) is 0 Å². The maximum absolute atomic E-state index is 11.5. The lowest BCUT2D eigenvalue weighted by atomic mass is 10.1. The molecule has 0 saturated carbocycles. The lowest BCUT2D eigenvalue weighted by molar-refractivity contribution is -0.150. The van der Waals surface area contributed by atoms with Gasteiger partial charge in [-0.2, -0.15) is 0 Å². The number of hydrogen-bond donors (Lipinski definition) is 0. The van der Waals surface area contributed by atoms with Crippen LogP contribution < -0.4 is 0 Å². The first-order valence-corrected chi connectivity index (χ1v) is 4.66. The molecule has 4 heteroatoms. The van der Waals surface area contributed by atoms with Crippen molar-refractivity contribution in [1.29, 1.82) is 0 Å². The Bertz CT molecular complexity index is 240. The van der Waals surface area contributed by atoms with Gasteiger partial charge in [-0.05, 0) is 6.92 Å². The molecule has 3 aliphatic rings. The van der Waals surface area contributed by atoms with Crippen molar-refractivity contribution >= 4 is 5.97 Å². The Kier molecular flexibility index (Phi) is 2.12. The van der Waals surface area contributed by atoms with Gasteiger partial charge in [-0.25, -0.2) is 4.79 Å². The first-order valence-electron chi connectivity index (χ1n) is 4.66. The maximum Gasteiger partial charge on any atom is 0.330 e. The average molecular weight is 182 g/mol. The normalized spacial score (nSPS) is 25.2. The second kappa shape index (κ2) is 3.28. The summed E-state index contributed by atoms with van der Waals surface area (Å²) >= 11 is 0. The van der Waals surface area contributed by atoms with Crippen LogP contribution in [0.3, 0.4) is 0 Å². The third-order valence-corrected chi connectivity index (χ3v) is 2.48. The van der Waals surface area contributed by atoms with Crippen molar-refractivity contribution in [3.8, 4) is 0 Å². The second-order valence-electron chi connectivity index (χ2n) is 3.30. The van der Waals surface area contributed by atoms with Crippen LogP contribution in [0.25, 0.3) is 0 Å². The number of ether oxygens (including phenoxy) is 1. The SMILES string of the molecule is CCOC(=O)C1CN2C=CN1CC2. The van der Waals surface area contributed by atoms with E-state index in [1.807, 2.05) is 19.3 Å². The zero-order valence-electron chi connectivity index (χ0n) is 7.77. The van der Waals surface area contributed by atoms with Crippen molar-refractivity contribution in [1.82, 2.24) is 9.80 Å². The van der Waals surface area contributed by atoms with Crippen LogP contribution in [0.15, 0.2) is 12.4 Å². The van der Waals surface area contributed by atoms with Crippen LogP contribution in [0.5, 0.6) is 0 Å². The van der Waals surface area contributed by atoms with Gasteiger partial charge in [-0.15, -0.1) is 0 Å². The molecule has 3 heterocycles. The van der Waals surface area contributed by atoms with Gasteiger partial charge >= 0.3 is 5.97 Å². The summed E-state index contributed by atoms with van der Waals surface area (Å²) in [5, 5.41) is 0. The maximum atomic E-state index is 11.5. The number of esters is 1. The Morgan fingerprint density at radius 2 is 2.38 bits per heavy atom. The molecule has 4 nitrogen and oxygen atoms in total. The number of hydrogen-bond acceptors (Lipinski definition) is 4. The molecule has 1 saturated heterocycles. The molecule has 1 unspecified atom stereocenters. The molecule has 2 bridgehead atoms. The van der Waals surface area contributed by atoms with Crippen LogP contribution in [-0.4, -0.2) is 48.1 Å². The summed E-state index contributed by atoms with van der Waals surface area (Å²) in [6.07, 6.45) is 3.99.